The molecule has 138 valence electrons. The van der Waals surface area contributed by atoms with Crippen LogP contribution in [-0.4, -0.2) is 20.9 Å². The van der Waals surface area contributed by atoms with E-state index in [9.17, 15) is 14.9 Å². The maximum atomic E-state index is 12.8. The Kier molecular flexibility index (Phi) is 4.35. The van der Waals surface area contributed by atoms with E-state index >= 15 is 0 Å². The highest BCUT2D eigenvalue weighted by Gasteiger charge is 2.33. The van der Waals surface area contributed by atoms with Crippen molar-refractivity contribution in [1.82, 2.24) is 9.38 Å². The van der Waals surface area contributed by atoms with E-state index in [1.165, 1.54) is 10.6 Å². The van der Waals surface area contributed by atoms with Gasteiger partial charge in [0.1, 0.15) is 5.65 Å². The van der Waals surface area contributed by atoms with Crippen molar-refractivity contribution in [3.8, 4) is 0 Å². The van der Waals surface area contributed by atoms with Crippen molar-refractivity contribution in [1.29, 1.82) is 0 Å². The van der Waals surface area contributed by atoms with Gasteiger partial charge in [-0.05, 0) is 43.9 Å². The lowest BCUT2D eigenvalue weighted by atomic mass is 9.94. The number of rotatable bonds is 3. The molecule has 1 saturated heterocycles. The van der Waals surface area contributed by atoms with Crippen LogP contribution < -0.4 is 10.5 Å². The molecular weight excluding hydrogens is 344 g/mol. The second-order valence-corrected chi connectivity index (χ2v) is 6.89. The number of anilines is 1. The number of hydrogen-bond acceptors (Lipinski definition) is 5. The third-order valence-electron chi connectivity index (χ3n) is 5.11. The van der Waals surface area contributed by atoms with E-state index in [1.54, 1.807) is 18.2 Å². The standard InChI is InChI=1S/C20H20N4O3/c1-14-8-10-15(11-9-14)16-6-2-4-12-22(16)19-18(24(26)27)20(25)23-13-5-3-7-17(23)21-19/h3,5,7-11,13,16H,2,4,6,12H2,1H3/t16-/m0/s1. The molecule has 1 atom stereocenters. The highest BCUT2D eigenvalue weighted by atomic mass is 16.6. The Bertz CT molecular complexity index is 1060. The summed E-state index contributed by atoms with van der Waals surface area (Å²) in [6, 6.07) is 13.3. The number of nitrogens with zero attached hydrogens (tertiary/aromatic N) is 4. The highest BCUT2D eigenvalue weighted by molar-refractivity contribution is 5.62. The van der Waals surface area contributed by atoms with Crippen LogP contribution in [0.25, 0.3) is 5.65 Å². The molecule has 7 heteroatoms. The van der Waals surface area contributed by atoms with Crippen LogP contribution in [0.5, 0.6) is 0 Å². The molecule has 0 unspecified atom stereocenters. The minimum Gasteiger partial charge on any atom is -0.344 e. The van der Waals surface area contributed by atoms with Gasteiger partial charge in [0.2, 0.25) is 5.82 Å². The Morgan fingerprint density at radius 3 is 2.67 bits per heavy atom. The fourth-order valence-electron chi connectivity index (χ4n) is 3.75. The van der Waals surface area contributed by atoms with Gasteiger partial charge >= 0.3 is 11.2 Å². The fraction of sp³-hybridized carbons (Fsp3) is 0.300. The Labute approximate surface area is 156 Å². The molecule has 7 nitrogen and oxygen atoms in total. The first-order valence-electron chi connectivity index (χ1n) is 9.05. The molecular formula is C20H20N4O3. The number of aryl methyl sites for hydroxylation is 1. The van der Waals surface area contributed by atoms with E-state index < -0.39 is 16.2 Å². The molecule has 0 aliphatic carbocycles. The number of hydrogen-bond donors (Lipinski definition) is 0. The molecule has 1 aliphatic rings. The molecule has 27 heavy (non-hydrogen) atoms. The summed E-state index contributed by atoms with van der Waals surface area (Å²) in [4.78, 5) is 30.4. The van der Waals surface area contributed by atoms with Gasteiger partial charge in [-0.25, -0.2) is 4.98 Å². The fourth-order valence-corrected chi connectivity index (χ4v) is 3.75. The molecule has 3 heterocycles. The van der Waals surface area contributed by atoms with Crippen LogP contribution >= 0.6 is 0 Å². The molecule has 4 rings (SSSR count). The number of fused-ring (bicyclic) bond motifs is 1. The van der Waals surface area contributed by atoms with Gasteiger partial charge in [0.15, 0.2) is 0 Å². The summed E-state index contributed by atoms with van der Waals surface area (Å²) < 4.78 is 1.23. The molecule has 2 aromatic heterocycles. The summed E-state index contributed by atoms with van der Waals surface area (Å²) in [6.07, 6.45) is 4.33. The summed E-state index contributed by atoms with van der Waals surface area (Å²) in [5.74, 6) is 0.168. The summed E-state index contributed by atoms with van der Waals surface area (Å²) in [5, 5.41) is 11.7. The van der Waals surface area contributed by atoms with E-state index in [1.807, 2.05) is 24.0 Å². The van der Waals surface area contributed by atoms with Crippen molar-refractivity contribution >= 4 is 17.2 Å². The molecule has 0 amide bonds. The molecule has 0 spiro atoms. The average molecular weight is 364 g/mol. The van der Waals surface area contributed by atoms with Gasteiger partial charge in [0.05, 0.1) is 11.0 Å². The van der Waals surface area contributed by atoms with Gasteiger partial charge in [-0.2, -0.15) is 0 Å². The lowest BCUT2D eigenvalue weighted by Gasteiger charge is -2.36. The van der Waals surface area contributed by atoms with Crippen molar-refractivity contribution in [2.45, 2.75) is 32.2 Å². The normalized spacial score (nSPS) is 17.2. The summed E-state index contributed by atoms with van der Waals surface area (Å²) >= 11 is 0. The van der Waals surface area contributed by atoms with E-state index in [-0.39, 0.29) is 11.9 Å². The van der Waals surface area contributed by atoms with Crippen molar-refractivity contribution in [2.24, 2.45) is 0 Å². The number of benzene rings is 1. The molecule has 1 aliphatic heterocycles. The van der Waals surface area contributed by atoms with Crippen LogP contribution in [0.2, 0.25) is 0 Å². The molecule has 3 aromatic rings. The quantitative estimate of drug-likeness (QED) is 0.523. The van der Waals surface area contributed by atoms with E-state index in [4.69, 9.17) is 0 Å². The second-order valence-electron chi connectivity index (χ2n) is 6.89. The first-order valence-corrected chi connectivity index (χ1v) is 9.05. The zero-order chi connectivity index (χ0) is 19.0. The number of piperidine rings is 1. The number of aromatic nitrogens is 2. The largest absolute Gasteiger partial charge is 0.376 e. The lowest BCUT2D eigenvalue weighted by Crippen LogP contribution is -2.36. The molecule has 1 aromatic carbocycles. The van der Waals surface area contributed by atoms with Crippen molar-refractivity contribution in [2.75, 3.05) is 11.4 Å². The Morgan fingerprint density at radius 2 is 1.93 bits per heavy atom. The van der Waals surface area contributed by atoms with Gasteiger partial charge < -0.3 is 4.90 Å². The van der Waals surface area contributed by atoms with Crippen LogP contribution in [0, 0.1) is 17.0 Å². The van der Waals surface area contributed by atoms with Crippen LogP contribution in [0.1, 0.15) is 36.4 Å². The predicted octanol–water partition coefficient (Wildman–Crippen LogP) is 3.64. The Morgan fingerprint density at radius 1 is 1.15 bits per heavy atom. The molecule has 0 radical (unpaired) electrons. The van der Waals surface area contributed by atoms with E-state index in [0.29, 0.717) is 12.2 Å². The minimum absolute atomic E-state index is 0.0314. The average Bonchev–Trinajstić information content (AvgIpc) is 2.68. The summed E-state index contributed by atoms with van der Waals surface area (Å²) in [7, 11) is 0. The smallest absolute Gasteiger partial charge is 0.344 e. The van der Waals surface area contributed by atoms with Crippen molar-refractivity contribution < 1.29 is 4.92 Å². The molecule has 0 bridgehead atoms. The van der Waals surface area contributed by atoms with Crippen LogP contribution in [0.15, 0.2) is 53.5 Å². The van der Waals surface area contributed by atoms with Crippen LogP contribution in [-0.2, 0) is 0 Å². The topological polar surface area (TPSA) is 80.8 Å². The van der Waals surface area contributed by atoms with Gasteiger partial charge in [-0.15, -0.1) is 0 Å². The van der Waals surface area contributed by atoms with Crippen LogP contribution in [0.3, 0.4) is 0 Å². The Balaban J connectivity index is 1.90. The first-order chi connectivity index (χ1) is 13.1. The zero-order valence-electron chi connectivity index (χ0n) is 15.0. The van der Waals surface area contributed by atoms with Crippen molar-refractivity contribution in [3.63, 3.8) is 0 Å². The number of pyridine rings is 1. The third-order valence-corrected chi connectivity index (χ3v) is 5.11. The molecule has 1 fully saturated rings. The van der Waals surface area contributed by atoms with Gasteiger partial charge in [0, 0.05) is 12.7 Å². The summed E-state index contributed by atoms with van der Waals surface area (Å²) in [5.41, 5.74) is 1.56. The van der Waals surface area contributed by atoms with E-state index in [0.717, 1.165) is 30.4 Å². The van der Waals surface area contributed by atoms with Crippen LogP contribution in [0.4, 0.5) is 11.5 Å². The molecule has 0 saturated carbocycles. The van der Waals surface area contributed by atoms with Crippen molar-refractivity contribution in [3.05, 3.63) is 80.3 Å². The number of nitro groups is 1. The van der Waals surface area contributed by atoms with Gasteiger partial charge in [0.25, 0.3) is 0 Å². The maximum Gasteiger partial charge on any atom is 0.376 e. The van der Waals surface area contributed by atoms with Gasteiger partial charge in [-0.1, -0.05) is 35.9 Å². The monoisotopic (exact) mass is 364 g/mol. The third kappa shape index (κ3) is 3.05. The first kappa shape index (κ1) is 17.2. The minimum atomic E-state index is -0.645. The maximum absolute atomic E-state index is 12.8. The van der Waals surface area contributed by atoms with Gasteiger partial charge in [-0.3, -0.25) is 19.3 Å². The SMILES string of the molecule is Cc1ccc([C@@H]2CCCCN2c2nc3ccccn3c(=O)c2[N+](=O)[O-])cc1. The predicted molar refractivity (Wildman–Crippen MR) is 103 cm³/mol. The lowest BCUT2D eigenvalue weighted by molar-refractivity contribution is -0.385. The Hall–Kier alpha value is -3.22. The molecule has 0 N–H and O–H groups in total. The highest BCUT2D eigenvalue weighted by Crippen LogP contribution is 2.37. The zero-order valence-corrected chi connectivity index (χ0v) is 15.0. The summed E-state index contributed by atoms with van der Waals surface area (Å²) in [6.45, 7) is 2.66. The van der Waals surface area contributed by atoms with E-state index in [2.05, 4.69) is 17.1 Å². The second kappa shape index (κ2) is 6.83.